The molecule has 1 heterocycles. The molecule has 0 amide bonds. The lowest BCUT2D eigenvalue weighted by molar-refractivity contribution is -0.146. The first-order chi connectivity index (χ1) is 6.09. The molecular weight excluding hydrogens is 305 g/mol. The highest BCUT2D eigenvalue weighted by molar-refractivity contribution is 14.1. The van der Waals surface area contributed by atoms with Crippen LogP contribution in [0.25, 0.3) is 6.08 Å². The maximum absolute atomic E-state index is 10.6. The molecule has 0 aliphatic carbocycles. The second-order valence-electron chi connectivity index (χ2n) is 2.01. The van der Waals surface area contributed by atoms with Gasteiger partial charge in [-0.05, 0) is 34.7 Å². The molecule has 0 aliphatic rings. The minimum absolute atomic E-state index is 0.624. The molecule has 0 aromatic carbocycles. The van der Waals surface area contributed by atoms with Gasteiger partial charge in [0.05, 0.1) is 9.08 Å². The van der Waals surface area contributed by atoms with Gasteiger partial charge in [0, 0.05) is 0 Å². The number of carboxylic acids is 1. The Bertz CT molecular complexity index is 372. The highest BCUT2D eigenvalue weighted by Crippen LogP contribution is 2.15. The normalized spacial score (nSPS) is 10.5. The summed E-state index contributed by atoms with van der Waals surface area (Å²) in [6, 6.07) is 0. The Morgan fingerprint density at radius 1 is 1.62 bits per heavy atom. The molecule has 0 bridgehead atoms. The summed E-state index contributed by atoms with van der Waals surface area (Å²) in [5.74, 6) is -2.40. The second kappa shape index (κ2) is 4.47. The number of halogens is 1. The van der Waals surface area contributed by atoms with E-state index >= 15 is 0 Å². The summed E-state index contributed by atoms with van der Waals surface area (Å²) in [5, 5.41) is 8.87. The number of nitrogens with zero attached hydrogens (tertiary/aromatic N) is 1. The monoisotopic (exact) mass is 309 g/mol. The van der Waals surface area contributed by atoms with Crippen LogP contribution in [0.2, 0.25) is 0 Å². The van der Waals surface area contributed by atoms with Gasteiger partial charge in [0.1, 0.15) is 5.01 Å². The van der Waals surface area contributed by atoms with E-state index in [0.717, 1.165) is 8.96 Å². The van der Waals surface area contributed by atoms with Crippen molar-refractivity contribution < 1.29 is 14.7 Å². The summed E-state index contributed by atoms with van der Waals surface area (Å²) < 4.78 is 0.986. The van der Waals surface area contributed by atoms with Crippen molar-refractivity contribution in [2.45, 2.75) is 0 Å². The molecule has 1 N–H and O–H groups in total. The van der Waals surface area contributed by atoms with Crippen molar-refractivity contribution in [2.75, 3.05) is 0 Å². The fourth-order valence-electron chi connectivity index (χ4n) is 0.562. The molecule has 0 radical (unpaired) electrons. The zero-order valence-electron chi connectivity index (χ0n) is 6.23. The van der Waals surface area contributed by atoms with E-state index in [1.807, 2.05) is 0 Å². The molecule has 0 unspecified atom stereocenters. The highest BCUT2D eigenvalue weighted by Gasteiger charge is 2.05. The molecule has 0 saturated heterocycles. The van der Waals surface area contributed by atoms with Gasteiger partial charge in [-0.1, -0.05) is 0 Å². The molecule has 0 atom stereocenters. The van der Waals surface area contributed by atoms with Gasteiger partial charge in [0.15, 0.2) is 0 Å². The number of carboxylic acid groups (broad SMARTS) is 1. The van der Waals surface area contributed by atoms with Crippen molar-refractivity contribution >= 4 is 51.8 Å². The Labute approximate surface area is 91.4 Å². The third-order valence-electron chi connectivity index (χ3n) is 1.08. The van der Waals surface area contributed by atoms with Crippen molar-refractivity contribution in [3.8, 4) is 0 Å². The predicted octanol–water partition coefficient (Wildman–Crippen LogP) is 1.41. The number of carbonyl (C=O) groups excluding carboxylic acids is 1. The molecule has 0 spiro atoms. The largest absolute Gasteiger partial charge is 0.475 e. The van der Waals surface area contributed by atoms with E-state index in [9.17, 15) is 9.59 Å². The van der Waals surface area contributed by atoms with Crippen LogP contribution in [0.5, 0.6) is 0 Å². The van der Waals surface area contributed by atoms with E-state index in [1.54, 1.807) is 6.20 Å². The number of rotatable bonds is 3. The van der Waals surface area contributed by atoms with Gasteiger partial charge < -0.3 is 5.11 Å². The maximum atomic E-state index is 10.6. The van der Waals surface area contributed by atoms with E-state index in [-0.39, 0.29) is 0 Å². The SMILES string of the molecule is O=C(O)C(=O)/C=C/c1ncc(I)s1. The van der Waals surface area contributed by atoms with E-state index in [4.69, 9.17) is 5.11 Å². The Kier molecular flexibility index (Phi) is 3.55. The standard InChI is InChI=1S/C7H4INO3S/c8-5-3-9-6(13-5)2-1-4(10)7(11)12/h1-3H,(H,11,12)/b2-1+. The van der Waals surface area contributed by atoms with Crippen LogP contribution in [0.15, 0.2) is 12.3 Å². The van der Waals surface area contributed by atoms with E-state index in [1.165, 1.54) is 17.4 Å². The molecular formula is C7H4INO3S. The van der Waals surface area contributed by atoms with Gasteiger partial charge in [-0.15, -0.1) is 11.3 Å². The van der Waals surface area contributed by atoms with Gasteiger partial charge >= 0.3 is 5.97 Å². The molecule has 68 valence electrons. The number of thiazole rings is 1. The predicted molar refractivity (Wildman–Crippen MR) is 56.5 cm³/mol. The van der Waals surface area contributed by atoms with Crippen molar-refractivity contribution in [1.29, 1.82) is 0 Å². The molecule has 4 nitrogen and oxygen atoms in total. The van der Waals surface area contributed by atoms with Crippen LogP contribution in [-0.4, -0.2) is 21.8 Å². The molecule has 0 saturated carbocycles. The van der Waals surface area contributed by atoms with Crippen molar-refractivity contribution in [1.82, 2.24) is 4.98 Å². The lowest BCUT2D eigenvalue weighted by atomic mass is 10.3. The van der Waals surface area contributed by atoms with Gasteiger partial charge in [-0.3, -0.25) is 4.79 Å². The fourth-order valence-corrected chi connectivity index (χ4v) is 1.93. The number of hydrogen-bond acceptors (Lipinski definition) is 4. The summed E-state index contributed by atoms with van der Waals surface area (Å²) in [6.45, 7) is 0. The number of carbonyl (C=O) groups is 2. The average molecular weight is 309 g/mol. The first kappa shape index (κ1) is 10.3. The Morgan fingerprint density at radius 2 is 2.31 bits per heavy atom. The number of ketones is 1. The molecule has 13 heavy (non-hydrogen) atoms. The lowest BCUT2D eigenvalue weighted by Gasteiger charge is -1.82. The van der Waals surface area contributed by atoms with E-state index in [0.29, 0.717) is 5.01 Å². The fraction of sp³-hybridized carbons (Fsp3) is 0. The topological polar surface area (TPSA) is 67.3 Å². The van der Waals surface area contributed by atoms with Gasteiger partial charge in [-0.2, -0.15) is 0 Å². The third-order valence-corrected chi connectivity index (χ3v) is 2.77. The molecule has 0 fully saturated rings. The smallest absolute Gasteiger partial charge is 0.376 e. The molecule has 0 aliphatic heterocycles. The zero-order chi connectivity index (χ0) is 9.84. The Hall–Kier alpha value is -0.760. The van der Waals surface area contributed by atoms with Crippen LogP contribution in [0.3, 0.4) is 0 Å². The van der Waals surface area contributed by atoms with Crippen LogP contribution in [0.4, 0.5) is 0 Å². The first-order valence-corrected chi connectivity index (χ1v) is 5.06. The maximum Gasteiger partial charge on any atom is 0.376 e. The summed E-state index contributed by atoms with van der Waals surface area (Å²) in [6.07, 6.45) is 4.04. The van der Waals surface area contributed by atoms with Gasteiger partial charge in [0.2, 0.25) is 0 Å². The van der Waals surface area contributed by atoms with E-state index in [2.05, 4.69) is 27.6 Å². The summed E-state index contributed by atoms with van der Waals surface area (Å²) >= 11 is 3.48. The quantitative estimate of drug-likeness (QED) is 0.521. The third kappa shape index (κ3) is 3.23. The summed E-state index contributed by atoms with van der Waals surface area (Å²) in [7, 11) is 0. The number of hydrogen-bond donors (Lipinski definition) is 1. The lowest BCUT2D eigenvalue weighted by Crippen LogP contribution is -2.08. The Morgan fingerprint density at radius 3 is 2.77 bits per heavy atom. The zero-order valence-corrected chi connectivity index (χ0v) is 9.20. The first-order valence-electron chi connectivity index (χ1n) is 3.16. The van der Waals surface area contributed by atoms with Gasteiger partial charge in [0.25, 0.3) is 5.78 Å². The molecule has 1 aromatic heterocycles. The minimum atomic E-state index is -1.46. The van der Waals surface area contributed by atoms with Crippen molar-refractivity contribution in [2.24, 2.45) is 0 Å². The minimum Gasteiger partial charge on any atom is -0.475 e. The highest BCUT2D eigenvalue weighted by atomic mass is 127. The number of aliphatic carboxylic acids is 1. The molecule has 6 heteroatoms. The van der Waals surface area contributed by atoms with Crippen LogP contribution in [-0.2, 0) is 9.59 Å². The summed E-state index contributed by atoms with van der Waals surface area (Å²) in [4.78, 5) is 24.6. The van der Waals surface area contributed by atoms with Crippen LogP contribution < -0.4 is 0 Å². The molecule has 1 aromatic rings. The van der Waals surface area contributed by atoms with E-state index < -0.39 is 11.8 Å². The van der Waals surface area contributed by atoms with Crippen molar-refractivity contribution in [3.63, 3.8) is 0 Å². The molecule has 1 rings (SSSR count). The van der Waals surface area contributed by atoms with Gasteiger partial charge in [-0.25, -0.2) is 9.78 Å². The van der Waals surface area contributed by atoms with Crippen LogP contribution >= 0.6 is 33.9 Å². The van der Waals surface area contributed by atoms with Crippen LogP contribution in [0.1, 0.15) is 5.01 Å². The Balaban J connectivity index is 2.69. The van der Waals surface area contributed by atoms with Crippen molar-refractivity contribution in [3.05, 3.63) is 20.2 Å². The summed E-state index contributed by atoms with van der Waals surface area (Å²) in [5.41, 5.74) is 0. The second-order valence-corrected chi connectivity index (χ2v) is 4.96. The average Bonchev–Trinajstić information content (AvgIpc) is 2.47. The van der Waals surface area contributed by atoms with Crippen LogP contribution in [0, 0.1) is 2.88 Å². The number of aromatic nitrogens is 1.